The van der Waals surface area contributed by atoms with Crippen LogP contribution in [0.25, 0.3) is 0 Å². The standard InChI is InChI=1S/C12H10ClNOS/c1-8-6-9(4-5-14-8)11(15)7-10-2-3-12(13)16-10/h2-6H,7H2,1H3. The van der Waals surface area contributed by atoms with Crippen LogP contribution in [-0.2, 0) is 6.42 Å². The topological polar surface area (TPSA) is 30.0 Å². The maximum Gasteiger partial charge on any atom is 0.168 e. The average Bonchev–Trinajstić information content (AvgIpc) is 2.64. The molecule has 2 aromatic heterocycles. The summed E-state index contributed by atoms with van der Waals surface area (Å²) in [5, 5.41) is 0. The Morgan fingerprint density at radius 2 is 2.25 bits per heavy atom. The first-order valence-corrected chi connectivity index (χ1v) is 6.04. The van der Waals surface area contributed by atoms with Gasteiger partial charge in [0, 0.05) is 28.8 Å². The second-order valence-electron chi connectivity index (χ2n) is 3.49. The second-order valence-corrected chi connectivity index (χ2v) is 5.29. The van der Waals surface area contributed by atoms with Crippen molar-refractivity contribution in [1.29, 1.82) is 0 Å². The number of carbonyl (C=O) groups excluding carboxylic acids is 1. The summed E-state index contributed by atoms with van der Waals surface area (Å²) in [6.07, 6.45) is 2.06. The number of aromatic nitrogens is 1. The SMILES string of the molecule is Cc1cc(C(=O)Cc2ccc(Cl)s2)ccn1. The minimum atomic E-state index is 0.101. The van der Waals surface area contributed by atoms with E-state index in [0.717, 1.165) is 10.6 Å². The van der Waals surface area contributed by atoms with E-state index in [0.29, 0.717) is 16.3 Å². The van der Waals surface area contributed by atoms with Crippen LogP contribution in [-0.4, -0.2) is 10.8 Å². The third kappa shape index (κ3) is 2.68. The predicted octanol–water partition coefficient (Wildman–Crippen LogP) is 3.53. The van der Waals surface area contributed by atoms with Crippen molar-refractivity contribution in [3.63, 3.8) is 0 Å². The second kappa shape index (κ2) is 4.76. The number of aryl methyl sites for hydroxylation is 1. The lowest BCUT2D eigenvalue weighted by atomic mass is 10.1. The zero-order chi connectivity index (χ0) is 11.5. The number of thiophene rings is 1. The van der Waals surface area contributed by atoms with Crippen LogP contribution in [0.4, 0.5) is 0 Å². The Labute approximate surface area is 103 Å². The molecule has 0 aliphatic carbocycles. The highest BCUT2D eigenvalue weighted by Gasteiger charge is 2.08. The summed E-state index contributed by atoms with van der Waals surface area (Å²) in [5.41, 5.74) is 1.56. The monoisotopic (exact) mass is 251 g/mol. The zero-order valence-corrected chi connectivity index (χ0v) is 10.3. The van der Waals surface area contributed by atoms with Crippen molar-refractivity contribution in [1.82, 2.24) is 4.98 Å². The molecule has 0 atom stereocenters. The molecule has 0 aromatic carbocycles. The van der Waals surface area contributed by atoms with Gasteiger partial charge in [0.2, 0.25) is 0 Å². The van der Waals surface area contributed by atoms with E-state index in [4.69, 9.17) is 11.6 Å². The summed E-state index contributed by atoms with van der Waals surface area (Å²) in [4.78, 5) is 17.0. The van der Waals surface area contributed by atoms with Gasteiger partial charge in [0.05, 0.1) is 4.34 Å². The van der Waals surface area contributed by atoms with Gasteiger partial charge in [0.15, 0.2) is 5.78 Å². The fourth-order valence-corrected chi connectivity index (χ4v) is 2.51. The minimum Gasteiger partial charge on any atom is -0.294 e. The van der Waals surface area contributed by atoms with Crippen molar-refractivity contribution in [3.8, 4) is 0 Å². The first kappa shape index (κ1) is 11.3. The fraction of sp³-hybridized carbons (Fsp3) is 0.167. The van der Waals surface area contributed by atoms with E-state index in [1.165, 1.54) is 11.3 Å². The maximum atomic E-state index is 11.9. The number of ketones is 1. The van der Waals surface area contributed by atoms with Crippen molar-refractivity contribution in [2.75, 3.05) is 0 Å². The number of carbonyl (C=O) groups is 1. The molecular weight excluding hydrogens is 242 g/mol. The molecule has 0 fully saturated rings. The Morgan fingerprint density at radius 1 is 1.44 bits per heavy atom. The van der Waals surface area contributed by atoms with Crippen LogP contribution in [0.2, 0.25) is 4.34 Å². The molecule has 2 aromatic rings. The molecule has 0 aliphatic rings. The lowest BCUT2D eigenvalue weighted by Gasteiger charge is -1.99. The Kier molecular flexibility index (Phi) is 3.36. The van der Waals surface area contributed by atoms with E-state index in [1.54, 1.807) is 18.3 Å². The smallest absolute Gasteiger partial charge is 0.168 e. The van der Waals surface area contributed by atoms with Crippen molar-refractivity contribution >= 4 is 28.7 Å². The van der Waals surface area contributed by atoms with Gasteiger partial charge in [-0.1, -0.05) is 11.6 Å². The van der Waals surface area contributed by atoms with Crippen molar-refractivity contribution in [3.05, 3.63) is 50.9 Å². The van der Waals surface area contributed by atoms with Gasteiger partial charge in [-0.25, -0.2) is 0 Å². The summed E-state index contributed by atoms with van der Waals surface area (Å²) >= 11 is 7.26. The largest absolute Gasteiger partial charge is 0.294 e. The molecule has 0 N–H and O–H groups in total. The Morgan fingerprint density at radius 3 is 2.88 bits per heavy atom. The van der Waals surface area contributed by atoms with Crippen molar-refractivity contribution in [2.45, 2.75) is 13.3 Å². The molecule has 0 spiro atoms. The van der Waals surface area contributed by atoms with Gasteiger partial charge in [-0.2, -0.15) is 0 Å². The zero-order valence-electron chi connectivity index (χ0n) is 8.74. The number of halogens is 1. The van der Waals surface area contributed by atoms with Gasteiger partial charge in [0.25, 0.3) is 0 Å². The summed E-state index contributed by atoms with van der Waals surface area (Å²) in [5.74, 6) is 0.101. The van der Waals surface area contributed by atoms with E-state index < -0.39 is 0 Å². The van der Waals surface area contributed by atoms with Crippen LogP contribution in [0.1, 0.15) is 20.9 Å². The number of pyridine rings is 1. The number of Topliss-reactive ketones (excluding diaryl/α,β-unsaturated/α-hetero) is 1. The van der Waals surface area contributed by atoms with Crippen molar-refractivity contribution in [2.24, 2.45) is 0 Å². The minimum absolute atomic E-state index is 0.101. The summed E-state index contributed by atoms with van der Waals surface area (Å²) in [7, 11) is 0. The van der Waals surface area contributed by atoms with E-state index in [-0.39, 0.29) is 5.78 Å². The lowest BCUT2D eigenvalue weighted by Crippen LogP contribution is -2.02. The maximum absolute atomic E-state index is 11.9. The molecule has 0 amide bonds. The molecule has 0 unspecified atom stereocenters. The van der Waals surface area contributed by atoms with Crippen LogP contribution >= 0.6 is 22.9 Å². The molecular formula is C12H10ClNOS. The van der Waals surface area contributed by atoms with Crippen LogP contribution in [0.3, 0.4) is 0 Å². The molecule has 16 heavy (non-hydrogen) atoms. The van der Waals surface area contributed by atoms with Crippen LogP contribution in [0, 0.1) is 6.92 Å². The highest BCUT2D eigenvalue weighted by Crippen LogP contribution is 2.22. The predicted molar refractivity (Wildman–Crippen MR) is 66.3 cm³/mol. The first-order valence-electron chi connectivity index (χ1n) is 4.85. The van der Waals surface area contributed by atoms with Gasteiger partial charge in [-0.3, -0.25) is 9.78 Å². The number of hydrogen-bond donors (Lipinski definition) is 0. The third-order valence-corrected chi connectivity index (χ3v) is 3.41. The van der Waals surface area contributed by atoms with Crippen LogP contribution in [0.15, 0.2) is 30.5 Å². The molecule has 2 heterocycles. The van der Waals surface area contributed by atoms with E-state index in [9.17, 15) is 4.79 Å². The Hall–Kier alpha value is -1.19. The summed E-state index contributed by atoms with van der Waals surface area (Å²) in [6, 6.07) is 7.24. The molecule has 4 heteroatoms. The first-order chi connectivity index (χ1) is 7.65. The number of nitrogens with zero attached hydrogens (tertiary/aromatic N) is 1. The van der Waals surface area contributed by atoms with E-state index >= 15 is 0 Å². The molecule has 0 saturated carbocycles. The Balaban J connectivity index is 2.14. The fourth-order valence-electron chi connectivity index (χ4n) is 1.43. The third-order valence-electron chi connectivity index (χ3n) is 2.18. The van der Waals surface area contributed by atoms with E-state index in [1.807, 2.05) is 19.1 Å². The number of hydrogen-bond acceptors (Lipinski definition) is 3. The van der Waals surface area contributed by atoms with Gasteiger partial charge < -0.3 is 0 Å². The molecule has 0 radical (unpaired) electrons. The van der Waals surface area contributed by atoms with Gasteiger partial charge in [-0.15, -0.1) is 11.3 Å². The van der Waals surface area contributed by atoms with Gasteiger partial charge in [0.1, 0.15) is 0 Å². The normalized spacial score (nSPS) is 10.4. The molecule has 0 saturated heterocycles. The molecule has 0 aliphatic heterocycles. The molecule has 2 nitrogen and oxygen atoms in total. The molecule has 82 valence electrons. The van der Waals surface area contributed by atoms with Gasteiger partial charge in [-0.05, 0) is 31.2 Å². The van der Waals surface area contributed by atoms with Crippen LogP contribution < -0.4 is 0 Å². The highest BCUT2D eigenvalue weighted by molar-refractivity contribution is 7.16. The van der Waals surface area contributed by atoms with E-state index in [2.05, 4.69) is 4.98 Å². The average molecular weight is 252 g/mol. The quantitative estimate of drug-likeness (QED) is 0.781. The number of rotatable bonds is 3. The lowest BCUT2D eigenvalue weighted by molar-refractivity contribution is 0.0993. The summed E-state index contributed by atoms with van der Waals surface area (Å²) < 4.78 is 0.716. The van der Waals surface area contributed by atoms with Crippen molar-refractivity contribution < 1.29 is 4.79 Å². The molecule has 0 bridgehead atoms. The van der Waals surface area contributed by atoms with Crippen LogP contribution in [0.5, 0.6) is 0 Å². The summed E-state index contributed by atoms with van der Waals surface area (Å²) in [6.45, 7) is 1.87. The Bertz CT molecular complexity index is 521. The highest BCUT2D eigenvalue weighted by atomic mass is 35.5. The molecule has 2 rings (SSSR count). The van der Waals surface area contributed by atoms with Gasteiger partial charge >= 0.3 is 0 Å².